The lowest BCUT2D eigenvalue weighted by molar-refractivity contribution is -0.159. The number of carboxylic acid groups (broad SMARTS) is 1. The zero-order chi connectivity index (χ0) is 16.4. The van der Waals surface area contributed by atoms with E-state index in [-0.39, 0.29) is 31.2 Å². The molecular formula is C15H15N3O5. The van der Waals surface area contributed by atoms with Crippen LogP contribution in [0.15, 0.2) is 35.4 Å². The molecular weight excluding hydrogens is 302 g/mol. The monoisotopic (exact) mass is 317 g/mol. The van der Waals surface area contributed by atoms with E-state index < -0.39 is 12.1 Å². The molecule has 1 aromatic heterocycles. The molecule has 1 amide bonds. The van der Waals surface area contributed by atoms with Crippen LogP contribution >= 0.6 is 0 Å². The van der Waals surface area contributed by atoms with Crippen LogP contribution in [0.25, 0.3) is 10.9 Å². The van der Waals surface area contributed by atoms with Gasteiger partial charge in [0, 0.05) is 6.54 Å². The van der Waals surface area contributed by atoms with Crippen molar-refractivity contribution in [3.05, 3.63) is 40.9 Å². The molecule has 2 aromatic rings. The van der Waals surface area contributed by atoms with Crippen LogP contribution in [0, 0.1) is 0 Å². The molecule has 0 unspecified atom stereocenters. The quantitative estimate of drug-likeness (QED) is 0.834. The van der Waals surface area contributed by atoms with Gasteiger partial charge < -0.3 is 14.7 Å². The molecule has 23 heavy (non-hydrogen) atoms. The molecule has 1 N–H and O–H groups in total. The average Bonchev–Trinajstić information content (AvgIpc) is 2.57. The van der Waals surface area contributed by atoms with Crippen molar-refractivity contribution in [1.29, 1.82) is 0 Å². The Labute approximate surface area is 130 Å². The number of fused-ring (bicyclic) bond motifs is 1. The van der Waals surface area contributed by atoms with Crippen LogP contribution in [0.4, 0.5) is 0 Å². The number of rotatable bonds is 3. The molecule has 8 nitrogen and oxygen atoms in total. The van der Waals surface area contributed by atoms with Crippen molar-refractivity contribution >= 4 is 22.8 Å². The third-order valence-electron chi connectivity index (χ3n) is 3.73. The SMILES string of the molecule is O=C(O)[C@H]1CN(C(=O)Cn2cnc3ccccc3c2=O)CCO1. The van der Waals surface area contributed by atoms with E-state index in [1.165, 1.54) is 15.8 Å². The fourth-order valence-electron chi connectivity index (χ4n) is 2.49. The van der Waals surface area contributed by atoms with Gasteiger partial charge in [0.05, 0.1) is 30.4 Å². The highest BCUT2D eigenvalue weighted by molar-refractivity contribution is 5.80. The van der Waals surface area contributed by atoms with Crippen molar-refractivity contribution in [1.82, 2.24) is 14.5 Å². The highest BCUT2D eigenvalue weighted by atomic mass is 16.5. The van der Waals surface area contributed by atoms with Crippen LogP contribution in [0.5, 0.6) is 0 Å². The first kappa shape index (κ1) is 15.2. The van der Waals surface area contributed by atoms with E-state index in [1.807, 2.05) is 0 Å². The summed E-state index contributed by atoms with van der Waals surface area (Å²) in [5.74, 6) is -1.44. The number of carbonyl (C=O) groups excluding carboxylic acids is 1. The second-order valence-electron chi connectivity index (χ2n) is 5.23. The van der Waals surface area contributed by atoms with Crippen molar-refractivity contribution < 1.29 is 19.4 Å². The number of benzene rings is 1. The standard InChI is InChI=1S/C15H15N3O5/c19-13(17-5-6-23-12(7-17)15(21)22)8-18-9-16-11-4-2-1-3-10(11)14(18)20/h1-4,9,12H,5-8H2,(H,21,22)/t12-/m1/s1. The lowest BCUT2D eigenvalue weighted by Crippen LogP contribution is -2.49. The molecule has 1 aliphatic heterocycles. The lowest BCUT2D eigenvalue weighted by Gasteiger charge is -2.31. The van der Waals surface area contributed by atoms with Gasteiger partial charge >= 0.3 is 5.97 Å². The number of aromatic nitrogens is 2. The number of ether oxygens (including phenoxy) is 1. The van der Waals surface area contributed by atoms with Gasteiger partial charge in [0.2, 0.25) is 5.91 Å². The van der Waals surface area contributed by atoms with Gasteiger partial charge in [-0.25, -0.2) is 9.78 Å². The van der Waals surface area contributed by atoms with Gasteiger partial charge in [-0.15, -0.1) is 0 Å². The van der Waals surface area contributed by atoms with Crippen LogP contribution in [0.2, 0.25) is 0 Å². The first-order valence-electron chi connectivity index (χ1n) is 7.12. The Balaban J connectivity index is 1.79. The summed E-state index contributed by atoms with van der Waals surface area (Å²) in [7, 11) is 0. The number of morpholine rings is 1. The number of carboxylic acids is 1. The molecule has 120 valence electrons. The molecule has 2 heterocycles. The Hall–Kier alpha value is -2.74. The maximum atomic E-state index is 12.4. The zero-order valence-corrected chi connectivity index (χ0v) is 12.2. The highest BCUT2D eigenvalue weighted by Crippen LogP contribution is 2.08. The number of amides is 1. The van der Waals surface area contributed by atoms with E-state index in [0.29, 0.717) is 17.4 Å². The smallest absolute Gasteiger partial charge is 0.334 e. The molecule has 0 spiro atoms. The number of nitrogens with zero attached hydrogens (tertiary/aromatic N) is 3. The second kappa shape index (κ2) is 6.17. The summed E-state index contributed by atoms with van der Waals surface area (Å²) in [5, 5.41) is 9.40. The normalized spacial score (nSPS) is 18.1. The number of hydrogen-bond donors (Lipinski definition) is 1. The Morgan fingerprint density at radius 3 is 2.91 bits per heavy atom. The molecule has 1 aliphatic rings. The minimum atomic E-state index is -1.10. The topological polar surface area (TPSA) is 102 Å². The van der Waals surface area contributed by atoms with Crippen LogP contribution in [0.3, 0.4) is 0 Å². The summed E-state index contributed by atoms with van der Waals surface area (Å²) < 4.78 is 6.31. The van der Waals surface area contributed by atoms with E-state index in [9.17, 15) is 14.4 Å². The zero-order valence-electron chi connectivity index (χ0n) is 12.2. The molecule has 0 radical (unpaired) electrons. The molecule has 1 aromatic carbocycles. The first-order chi connectivity index (χ1) is 11.1. The fourth-order valence-corrected chi connectivity index (χ4v) is 2.49. The summed E-state index contributed by atoms with van der Waals surface area (Å²) in [6, 6.07) is 6.89. The average molecular weight is 317 g/mol. The van der Waals surface area contributed by atoms with Gasteiger partial charge in [0.25, 0.3) is 5.56 Å². The van der Waals surface area contributed by atoms with Crippen molar-refractivity contribution in [2.75, 3.05) is 19.7 Å². The molecule has 0 saturated carbocycles. The van der Waals surface area contributed by atoms with E-state index in [1.54, 1.807) is 24.3 Å². The van der Waals surface area contributed by atoms with Crippen LogP contribution in [0.1, 0.15) is 0 Å². The Morgan fingerprint density at radius 2 is 2.13 bits per heavy atom. The van der Waals surface area contributed by atoms with Crippen molar-refractivity contribution in [2.24, 2.45) is 0 Å². The van der Waals surface area contributed by atoms with E-state index >= 15 is 0 Å². The summed E-state index contributed by atoms with van der Waals surface area (Å²) in [5.41, 5.74) is 0.269. The minimum Gasteiger partial charge on any atom is -0.479 e. The third kappa shape index (κ3) is 3.07. The van der Waals surface area contributed by atoms with E-state index in [2.05, 4.69) is 4.98 Å². The van der Waals surface area contributed by atoms with Gasteiger partial charge in [-0.3, -0.25) is 14.2 Å². The first-order valence-corrected chi connectivity index (χ1v) is 7.12. The van der Waals surface area contributed by atoms with Gasteiger partial charge in [-0.2, -0.15) is 0 Å². The number of carbonyl (C=O) groups is 2. The number of hydrogen-bond acceptors (Lipinski definition) is 5. The van der Waals surface area contributed by atoms with Crippen LogP contribution in [-0.4, -0.2) is 57.2 Å². The Bertz CT molecular complexity index is 816. The third-order valence-corrected chi connectivity index (χ3v) is 3.73. The maximum Gasteiger partial charge on any atom is 0.334 e. The largest absolute Gasteiger partial charge is 0.479 e. The molecule has 0 bridgehead atoms. The van der Waals surface area contributed by atoms with Crippen LogP contribution in [-0.2, 0) is 20.9 Å². The summed E-state index contributed by atoms with van der Waals surface area (Å²) in [6.45, 7) is 0.263. The van der Waals surface area contributed by atoms with Crippen molar-refractivity contribution in [3.8, 4) is 0 Å². The second-order valence-corrected chi connectivity index (χ2v) is 5.23. The highest BCUT2D eigenvalue weighted by Gasteiger charge is 2.29. The molecule has 3 rings (SSSR count). The van der Waals surface area contributed by atoms with Crippen molar-refractivity contribution in [3.63, 3.8) is 0 Å². The fraction of sp³-hybridized carbons (Fsp3) is 0.333. The molecule has 0 aliphatic carbocycles. The Kier molecular flexibility index (Phi) is 4.07. The van der Waals surface area contributed by atoms with Gasteiger partial charge in [0.1, 0.15) is 6.54 Å². The van der Waals surface area contributed by atoms with Crippen molar-refractivity contribution in [2.45, 2.75) is 12.6 Å². The number of aliphatic carboxylic acids is 1. The predicted octanol–water partition coefficient (Wildman–Crippen LogP) is -0.292. The summed E-state index contributed by atoms with van der Waals surface area (Å²) >= 11 is 0. The summed E-state index contributed by atoms with van der Waals surface area (Å²) in [4.78, 5) is 41.2. The van der Waals surface area contributed by atoms with Gasteiger partial charge in [0.15, 0.2) is 6.10 Å². The van der Waals surface area contributed by atoms with Crippen LogP contribution < -0.4 is 5.56 Å². The van der Waals surface area contributed by atoms with E-state index in [4.69, 9.17) is 9.84 Å². The summed E-state index contributed by atoms with van der Waals surface area (Å²) in [6.07, 6.45) is 0.302. The minimum absolute atomic E-state index is 0.0239. The Morgan fingerprint density at radius 1 is 1.35 bits per heavy atom. The van der Waals surface area contributed by atoms with Gasteiger partial charge in [-0.1, -0.05) is 12.1 Å². The van der Waals surface area contributed by atoms with E-state index in [0.717, 1.165) is 0 Å². The molecule has 1 atom stereocenters. The molecule has 8 heteroatoms. The maximum absolute atomic E-state index is 12.4. The molecule has 1 fully saturated rings. The van der Waals surface area contributed by atoms with Gasteiger partial charge in [-0.05, 0) is 12.1 Å². The lowest BCUT2D eigenvalue weighted by atomic mass is 10.2. The molecule has 1 saturated heterocycles. The number of para-hydroxylation sites is 1. The predicted molar refractivity (Wildman–Crippen MR) is 80.0 cm³/mol.